The Bertz CT molecular complexity index is 1210. The number of amides is 1. The number of allylic oxidation sites excluding steroid dienone is 3. The molecule has 0 bridgehead atoms. The van der Waals surface area contributed by atoms with E-state index in [0.717, 1.165) is 38.3 Å². The average Bonchev–Trinajstić information content (AvgIpc) is 3.29. The normalized spacial score (nSPS) is 17.4. The van der Waals surface area contributed by atoms with Crippen molar-refractivity contribution in [1.29, 1.82) is 0 Å². The molecule has 4 rings (SSSR count). The highest BCUT2D eigenvalue weighted by atomic mass is 19.1. The van der Waals surface area contributed by atoms with Crippen molar-refractivity contribution in [3.05, 3.63) is 41.0 Å². The second kappa shape index (κ2) is 11.4. The number of aromatic nitrogens is 3. The molecule has 0 unspecified atom stereocenters. The zero-order chi connectivity index (χ0) is 26.7. The van der Waals surface area contributed by atoms with Gasteiger partial charge in [0.05, 0.1) is 11.3 Å². The third-order valence-electron chi connectivity index (χ3n) is 7.11. The van der Waals surface area contributed by atoms with Crippen LogP contribution in [-0.2, 0) is 0 Å². The van der Waals surface area contributed by atoms with Crippen LogP contribution in [0.15, 0.2) is 29.6 Å². The summed E-state index contributed by atoms with van der Waals surface area (Å²) in [5, 5.41) is 32.0. The van der Waals surface area contributed by atoms with Crippen molar-refractivity contribution in [2.45, 2.75) is 46.5 Å². The van der Waals surface area contributed by atoms with Crippen LogP contribution in [0.4, 0.5) is 4.39 Å². The molecule has 3 N–H and O–H groups in total. The van der Waals surface area contributed by atoms with E-state index >= 15 is 4.39 Å². The van der Waals surface area contributed by atoms with Gasteiger partial charge in [-0.05, 0) is 49.9 Å². The van der Waals surface area contributed by atoms with Crippen LogP contribution in [0.25, 0.3) is 17.1 Å². The van der Waals surface area contributed by atoms with E-state index in [1.165, 1.54) is 10.6 Å². The number of carbonyl (C=O) groups excluding carboxylic acids is 1. The molecular weight excluding hydrogens is 475 g/mol. The summed E-state index contributed by atoms with van der Waals surface area (Å²) in [6.45, 7) is 13.9. The van der Waals surface area contributed by atoms with Gasteiger partial charge in [0.2, 0.25) is 5.82 Å². The first-order chi connectivity index (χ1) is 17.7. The van der Waals surface area contributed by atoms with E-state index in [1.54, 1.807) is 19.1 Å². The number of hydrogen-bond acceptors (Lipinski definition) is 7. The minimum atomic E-state index is -0.479. The van der Waals surface area contributed by atoms with Crippen molar-refractivity contribution < 1.29 is 19.4 Å². The number of aromatic hydroxyl groups is 2. The van der Waals surface area contributed by atoms with E-state index in [4.69, 9.17) is 0 Å². The highest BCUT2D eigenvalue weighted by molar-refractivity contribution is 5.93. The minimum Gasteiger partial charge on any atom is -0.508 e. The predicted octanol–water partition coefficient (Wildman–Crippen LogP) is 3.73. The molecule has 1 amide bonds. The van der Waals surface area contributed by atoms with Crippen LogP contribution < -0.4 is 5.32 Å². The molecular formula is C27H37FN6O3. The Hall–Kier alpha value is -3.24. The number of halogens is 1. The first-order valence-corrected chi connectivity index (χ1v) is 13.1. The zero-order valence-electron chi connectivity index (χ0n) is 22.1. The number of hydrogen-bond donors (Lipinski definition) is 3. The van der Waals surface area contributed by atoms with Crippen LogP contribution in [0.1, 0.15) is 62.6 Å². The molecule has 2 heterocycles. The molecule has 37 heavy (non-hydrogen) atoms. The highest BCUT2D eigenvalue weighted by Crippen LogP contribution is 2.40. The van der Waals surface area contributed by atoms with Crippen molar-refractivity contribution in [3.8, 4) is 22.9 Å². The van der Waals surface area contributed by atoms with E-state index < -0.39 is 11.7 Å². The average molecular weight is 513 g/mol. The summed E-state index contributed by atoms with van der Waals surface area (Å²) >= 11 is 0. The molecule has 0 saturated carbocycles. The molecule has 2 aliphatic rings. The van der Waals surface area contributed by atoms with Crippen LogP contribution in [0.2, 0.25) is 0 Å². The molecule has 1 saturated heterocycles. The third kappa shape index (κ3) is 5.70. The van der Waals surface area contributed by atoms with Gasteiger partial charge < -0.3 is 20.4 Å². The van der Waals surface area contributed by atoms with E-state index in [9.17, 15) is 15.0 Å². The summed E-state index contributed by atoms with van der Waals surface area (Å²) in [4.78, 5) is 17.6. The van der Waals surface area contributed by atoms with Crippen molar-refractivity contribution >= 4 is 11.6 Å². The van der Waals surface area contributed by atoms with Crippen molar-refractivity contribution in [3.63, 3.8) is 0 Å². The second-order valence-electron chi connectivity index (χ2n) is 9.93. The van der Waals surface area contributed by atoms with E-state index in [-0.39, 0.29) is 40.3 Å². The largest absolute Gasteiger partial charge is 0.508 e. The summed E-state index contributed by atoms with van der Waals surface area (Å²) in [5.74, 6) is -1.12. The van der Waals surface area contributed by atoms with Gasteiger partial charge in [-0.15, -0.1) is 10.2 Å². The SMILES string of the molecule is CCNC(=O)c1nnc(-c2cc(C(C)C)c(O)cc2O)n1C1=C(F)C=C(CN2CCN(CC)CC2)CC1. The second-order valence-corrected chi connectivity index (χ2v) is 9.93. The fourth-order valence-corrected chi connectivity index (χ4v) is 4.96. The lowest BCUT2D eigenvalue weighted by molar-refractivity contribution is 0.0943. The molecule has 10 heteroatoms. The minimum absolute atomic E-state index is 0.0334. The number of nitrogens with zero attached hydrogens (tertiary/aromatic N) is 5. The number of nitrogens with one attached hydrogen (secondary N) is 1. The maximum absolute atomic E-state index is 15.7. The lowest BCUT2D eigenvalue weighted by Gasteiger charge is -2.35. The molecule has 1 aliphatic carbocycles. The Morgan fingerprint density at radius 1 is 1.05 bits per heavy atom. The third-order valence-corrected chi connectivity index (χ3v) is 7.11. The van der Waals surface area contributed by atoms with E-state index in [1.807, 2.05) is 13.8 Å². The Balaban J connectivity index is 1.73. The van der Waals surface area contributed by atoms with E-state index in [0.29, 0.717) is 31.5 Å². The maximum Gasteiger partial charge on any atom is 0.289 e. The smallest absolute Gasteiger partial charge is 0.289 e. The number of piperazine rings is 1. The standard InChI is InChI=1S/C27H37FN6O3/c1-5-29-27(37)26-31-30-25(20-14-19(17(3)4)23(35)15-24(20)36)34(26)22-8-7-18(13-21(22)28)16-33-11-9-32(6-2)10-12-33/h13-15,17,35-36H,5-12,16H2,1-4H3,(H,29,37). The molecule has 1 aliphatic heterocycles. The zero-order valence-corrected chi connectivity index (χ0v) is 22.1. The Morgan fingerprint density at radius 3 is 2.38 bits per heavy atom. The Kier molecular flexibility index (Phi) is 8.29. The number of phenolic OH excluding ortho intramolecular Hbond substituents is 2. The number of carbonyl (C=O) groups is 1. The molecule has 1 fully saturated rings. The first kappa shape index (κ1) is 26.8. The van der Waals surface area contributed by atoms with Crippen molar-refractivity contribution in [1.82, 2.24) is 29.9 Å². The number of benzene rings is 1. The van der Waals surface area contributed by atoms with Crippen LogP contribution in [0.5, 0.6) is 11.5 Å². The quantitative estimate of drug-likeness (QED) is 0.495. The van der Waals surface area contributed by atoms with Gasteiger partial charge in [-0.2, -0.15) is 0 Å². The predicted molar refractivity (Wildman–Crippen MR) is 141 cm³/mol. The van der Waals surface area contributed by atoms with Crippen LogP contribution in [0, 0.1) is 0 Å². The van der Waals surface area contributed by atoms with Crippen LogP contribution in [0.3, 0.4) is 0 Å². The van der Waals surface area contributed by atoms with Crippen molar-refractivity contribution in [2.24, 2.45) is 0 Å². The van der Waals surface area contributed by atoms with Gasteiger partial charge in [0, 0.05) is 45.3 Å². The maximum atomic E-state index is 15.7. The summed E-state index contributed by atoms with van der Waals surface area (Å²) < 4.78 is 17.1. The number of likely N-dealkylation sites (N-methyl/N-ethyl adjacent to an activating group) is 1. The van der Waals surface area contributed by atoms with Gasteiger partial charge in [-0.3, -0.25) is 14.3 Å². The van der Waals surface area contributed by atoms with E-state index in [2.05, 4.69) is 32.2 Å². The molecule has 2 aromatic rings. The lowest BCUT2D eigenvalue weighted by atomic mass is 9.97. The van der Waals surface area contributed by atoms with Gasteiger partial charge >= 0.3 is 0 Å². The number of phenols is 2. The fraction of sp³-hybridized carbons (Fsp3) is 0.519. The summed E-state index contributed by atoms with van der Waals surface area (Å²) in [7, 11) is 0. The topological polar surface area (TPSA) is 107 Å². The van der Waals surface area contributed by atoms with Crippen LogP contribution >= 0.6 is 0 Å². The summed E-state index contributed by atoms with van der Waals surface area (Å²) in [5.41, 5.74) is 2.16. The molecule has 0 atom stereocenters. The highest BCUT2D eigenvalue weighted by Gasteiger charge is 2.28. The molecule has 1 aromatic carbocycles. The molecule has 1 aromatic heterocycles. The Morgan fingerprint density at radius 2 is 1.76 bits per heavy atom. The summed E-state index contributed by atoms with van der Waals surface area (Å²) in [6.07, 6.45) is 2.56. The monoisotopic (exact) mass is 512 g/mol. The van der Waals surface area contributed by atoms with Gasteiger partial charge in [0.25, 0.3) is 5.91 Å². The molecule has 0 spiro atoms. The summed E-state index contributed by atoms with van der Waals surface area (Å²) in [6, 6.07) is 2.87. The lowest BCUT2D eigenvalue weighted by Crippen LogP contribution is -2.46. The van der Waals surface area contributed by atoms with Gasteiger partial charge in [0.15, 0.2) is 5.82 Å². The molecule has 9 nitrogen and oxygen atoms in total. The number of rotatable bonds is 8. The molecule has 200 valence electrons. The fourth-order valence-electron chi connectivity index (χ4n) is 4.96. The van der Waals surface area contributed by atoms with Gasteiger partial charge in [0.1, 0.15) is 17.3 Å². The van der Waals surface area contributed by atoms with Crippen LogP contribution in [-0.4, -0.2) is 86.5 Å². The van der Waals surface area contributed by atoms with Gasteiger partial charge in [-0.25, -0.2) is 4.39 Å². The van der Waals surface area contributed by atoms with Crippen molar-refractivity contribution in [2.75, 3.05) is 45.8 Å². The Labute approximate surface area is 217 Å². The van der Waals surface area contributed by atoms with Gasteiger partial charge in [-0.1, -0.05) is 26.3 Å². The molecule has 0 radical (unpaired) electrons. The first-order valence-electron chi connectivity index (χ1n) is 13.1.